The highest BCUT2D eigenvalue weighted by atomic mass is 32.2. The summed E-state index contributed by atoms with van der Waals surface area (Å²) < 4.78 is 33.0. The average Bonchev–Trinajstić information content (AvgIpc) is 2.41. The van der Waals surface area contributed by atoms with Gasteiger partial charge >= 0.3 is 0 Å². The van der Waals surface area contributed by atoms with Gasteiger partial charge in [-0.15, -0.1) is 0 Å². The largest absolute Gasteiger partial charge is 0.384 e. The van der Waals surface area contributed by atoms with Crippen LogP contribution in [0.2, 0.25) is 0 Å². The zero-order chi connectivity index (χ0) is 14.8. The van der Waals surface area contributed by atoms with Gasteiger partial charge in [-0.1, -0.05) is 12.1 Å². The monoisotopic (exact) mass is 302 g/mol. The first kappa shape index (κ1) is 16.9. The molecule has 0 aliphatic carbocycles. The lowest BCUT2D eigenvalue weighted by Gasteiger charge is -2.10. The van der Waals surface area contributed by atoms with Crippen LogP contribution in [-0.4, -0.2) is 41.9 Å². The summed E-state index contributed by atoms with van der Waals surface area (Å²) in [5.74, 6) is 0. The van der Waals surface area contributed by atoms with Crippen LogP contribution in [-0.2, 0) is 19.5 Å². The molecule has 1 aromatic carbocycles. The number of hydrogen-bond acceptors (Lipinski definition) is 5. The van der Waals surface area contributed by atoms with Gasteiger partial charge in [0.05, 0.1) is 18.9 Å². The Labute approximate surface area is 120 Å². The van der Waals surface area contributed by atoms with Gasteiger partial charge in [0.25, 0.3) is 0 Å². The van der Waals surface area contributed by atoms with Crippen molar-refractivity contribution in [1.29, 1.82) is 0 Å². The van der Waals surface area contributed by atoms with Crippen LogP contribution in [0.4, 0.5) is 5.69 Å². The Morgan fingerprint density at radius 3 is 2.60 bits per heavy atom. The number of nitrogens with two attached hydrogens (primary N) is 1. The minimum Gasteiger partial charge on any atom is -0.384 e. The Morgan fingerprint density at radius 2 is 1.90 bits per heavy atom. The first-order valence-electron chi connectivity index (χ1n) is 6.48. The maximum Gasteiger partial charge on any atom is 0.240 e. The van der Waals surface area contributed by atoms with Gasteiger partial charge in [0, 0.05) is 20.3 Å². The predicted molar refractivity (Wildman–Crippen MR) is 78.2 cm³/mol. The van der Waals surface area contributed by atoms with Crippen molar-refractivity contribution in [3.63, 3.8) is 0 Å². The van der Waals surface area contributed by atoms with Crippen LogP contribution >= 0.6 is 0 Å². The molecule has 0 spiro atoms. The lowest BCUT2D eigenvalue weighted by molar-refractivity contribution is 0.0691. The fraction of sp³-hybridized carbons (Fsp3) is 0.538. The number of sulfonamides is 1. The molecule has 6 nitrogen and oxygen atoms in total. The standard InChI is InChI=1S/C13H22N2O4S/c1-18-10-11-19-9-5-4-8-15-12-6-2-3-7-13(12)20(14,16)17/h2-3,6-7,15H,4-5,8-11H2,1H3,(H2,14,16,17). The topological polar surface area (TPSA) is 90.7 Å². The van der Waals surface area contributed by atoms with Crippen molar-refractivity contribution >= 4 is 15.7 Å². The summed E-state index contributed by atoms with van der Waals surface area (Å²) in [4.78, 5) is 0.122. The molecule has 0 fully saturated rings. The van der Waals surface area contributed by atoms with E-state index >= 15 is 0 Å². The highest BCUT2D eigenvalue weighted by Gasteiger charge is 2.12. The van der Waals surface area contributed by atoms with Crippen LogP contribution in [0.15, 0.2) is 29.2 Å². The molecule has 0 unspecified atom stereocenters. The first-order valence-corrected chi connectivity index (χ1v) is 8.02. The van der Waals surface area contributed by atoms with Crippen molar-refractivity contribution in [1.82, 2.24) is 0 Å². The fourth-order valence-electron chi connectivity index (χ4n) is 1.66. The molecular weight excluding hydrogens is 280 g/mol. The van der Waals surface area contributed by atoms with E-state index < -0.39 is 10.0 Å². The van der Waals surface area contributed by atoms with E-state index in [1.807, 2.05) is 0 Å². The minimum absolute atomic E-state index is 0.122. The SMILES string of the molecule is COCCOCCCCNc1ccccc1S(N)(=O)=O. The highest BCUT2D eigenvalue weighted by Crippen LogP contribution is 2.19. The molecule has 0 saturated carbocycles. The van der Waals surface area contributed by atoms with E-state index in [9.17, 15) is 8.42 Å². The highest BCUT2D eigenvalue weighted by molar-refractivity contribution is 7.89. The number of unbranched alkanes of at least 4 members (excludes halogenated alkanes) is 1. The molecular formula is C13H22N2O4S. The Kier molecular flexibility index (Phi) is 7.53. The summed E-state index contributed by atoms with van der Waals surface area (Å²) in [6.07, 6.45) is 1.78. The second-order valence-corrected chi connectivity index (χ2v) is 5.81. The normalized spacial score (nSPS) is 11.5. The molecule has 0 amide bonds. The molecule has 0 aliphatic rings. The van der Waals surface area contributed by atoms with Gasteiger partial charge in [0.15, 0.2) is 0 Å². The van der Waals surface area contributed by atoms with Crippen LogP contribution < -0.4 is 10.5 Å². The van der Waals surface area contributed by atoms with Crippen molar-refractivity contribution in [3.8, 4) is 0 Å². The van der Waals surface area contributed by atoms with Crippen LogP contribution in [0, 0.1) is 0 Å². The Bertz CT molecular complexity index is 491. The number of para-hydroxylation sites is 1. The maximum absolute atomic E-state index is 11.4. The van der Waals surface area contributed by atoms with Gasteiger partial charge in [-0.05, 0) is 25.0 Å². The number of ether oxygens (including phenoxy) is 2. The summed E-state index contributed by atoms with van der Waals surface area (Å²) in [6, 6.07) is 6.61. The van der Waals surface area contributed by atoms with Crippen LogP contribution in [0.3, 0.4) is 0 Å². The number of anilines is 1. The lowest BCUT2D eigenvalue weighted by Crippen LogP contribution is -2.15. The molecule has 1 aromatic rings. The number of hydrogen-bond donors (Lipinski definition) is 2. The molecule has 0 saturated heterocycles. The van der Waals surface area contributed by atoms with Gasteiger partial charge in [-0.25, -0.2) is 13.6 Å². The van der Waals surface area contributed by atoms with E-state index in [0.717, 1.165) is 12.8 Å². The smallest absolute Gasteiger partial charge is 0.240 e. The molecule has 0 bridgehead atoms. The van der Waals surface area contributed by atoms with Gasteiger partial charge in [0.2, 0.25) is 10.0 Å². The maximum atomic E-state index is 11.4. The molecule has 3 N–H and O–H groups in total. The van der Waals surface area contributed by atoms with Crippen molar-refractivity contribution in [2.45, 2.75) is 17.7 Å². The Morgan fingerprint density at radius 1 is 1.15 bits per heavy atom. The zero-order valence-electron chi connectivity index (χ0n) is 11.7. The fourth-order valence-corrected chi connectivity index (χ4v) is 2.37. The quantitative estimate of drug-likeness (QED) is 0.634. The predicted octanol–water partition coefficient (Wildman–Crippen LogP) is 1.19. The second-order valence-electron chi connectivity index (χ2n) is 4.28. The number of rotatable bonds is 10. The Hall–Kier alpha value is -1.15. The van der Waals surface area contributed by atoms with E-state index in [0.29, 0.717) is 32.1 Å². The van der Waals surface area contributed by atoms with Gasteiger partial charge in [0.1, 0.15) is 4.90 Å². The molecule has 1 rings (SSSR count). The summed E-state index contributed by atoms with van der Waals surface area (Å²) in [6.45, 7) is 2.53. The molecule has 0 aromatic heterocycles. The third-order valence-electron chi connectivity index (χ3n) is 2.66. The summed E-state index contributed by atoms with van der Waals surface area (Å²) in [7, 11) is -2.06. The third-order valence-corrected chi connectivity index (χ3v) is 3.63. The minimum atomic E-state index is -3.69. The molecule has 0 radical (unpaired) electrons. The van der Waals surface area contributed by atoms with E-state index in [-0.39, 0.29) is 4.90 Å². The number of methoxy groups -OCH3 is 1. The Balaban J connectivity index is 2.29. The van der Waals surface area contributed by atoms with Crippen LogP contribution in [0.1, 0.15) is 12.8 Å². The number of nitrogens with one attached hydrogen (secondary N) is 1. The van der Waals surface area contributed by atoms with Crippen LogP contribution in [0.25, 0.3) is 0 Å². The van der Waals surface area contributed by atoms with Crippen molar-refractivity contribution in [2.24, 2.45) is 5.14 Å². The summed E-state index contributed by atoms with van der Waals surface area (Å²) in [5.41, 5.74) is 0.537. The van der Waals surface area contributed by atoms with E-state index in [4.69, 9.17) is 14.6 Å². The number of benzene rings is 1. The van der Waals surface area contributed by atoms with Crippen molar-refractivity contribution in [2.75, 3.05) is 38.8 Å². The molecule has 20 heavy (non-hydrogen) atoms. The van der Waals surface area contributed by atoms with Crippen molar-refractivity contribution in [3.05, 3.63) is 24.3 Å². The summed E-state index contributed by atoms with van der Waals surface area (Å²) >= 11 is 0. The van der Waals surface area contributed by atoms with Crippen LogP contribution in [0.5, 0.6) is 0 Å². The third kappa shape index (κ3) is 6.33. The summed E-state index contributed by atoms with van der Waals surface area (Å²) in [5, 5.41) is 8.24. The van der Waals surface area contributed by atoms with Gasteiger partial charge in [-0.3, -0.25) is 0 Å². The molecule has 114 valence electrons. The van der Waals surface area contributed by atoms with E-state index in [1.165, 1.54) is 6.07 Å². The average molecular weight is 302 g/mol. The molecule has 7 heteroatoms. The van der Waals surface area contributed by atoms with Gasteiger partial charge in [-0.2, -0.15) is 0 Å². The lowest BCUT2D eigenvalue weighted by atomic mass is 10.3. The van der Waals surface area contributed by atoms with E-state index in [2.05, 4.69) is 5.32 Å². The zero-order valence-corrected chi connectivity index (χ0v) is 12.5. The molecule has 0 aliphatic heterocycles. The molecule has 0 atom stereocenters. The second kappa shape index (κ2) is 8.91. The van der Waals surface area contributed by atoms with Crippen molar-refractivity contribution < 1.29 is 17.9 Å². The number of primary sulfonamides is 1. The first-order chi connectivity index (χ1) is 9.55. The molecule has 0 heterocycles. The van der Waals surface area contributed by atoms with E-state index in [1.54, 1.807) is 25.3 Å². The van der Waals surface area contributed by atoms with Gasteiger partial charge < -0.3 is 14.8 Å².